The van der Waals surface area contributed by atoms with Crippen LogP contribution in [0.2, 0.25) is 0 Å². The Hall–Kier alpha value is -2.01. The van der Waals surface area contributed by atoms with E-state index < -0.39 is 0 Å². The van der Waals surface area contributed by atoms with Crippen molar-refractivity contribution in [2.45, 2.75) is 25.2 Å². The lowest BCUT2D eigenvalue weighted by Crippen LogP contribution is -2.52. The number of fused-ring (bicyclic) bond motifs is 4. The molecule has 4 saturated heterocycles. The lowest BCUT2D eigenvalue weighted by atomic mass is 9.79. The predicted octanol–water partition coefficient (Wildman–Crippen LogP) is 3.02. The SMILES string of the molecule is Cn1cc(C2CCN(C(=O)NCC3CN4CCC3CC4)C2)c2ccccc21. The number of carbonyl (C=O) groups excluding carboxylic acids is 1. The van der Waals surface area contributed by atoms with Crippen LogP contribution in [-0.4, -0.2) is 59.7 Å². The highest BCUT2D eigenvalue weighted by Crippen LogP contribution is 2.34. The molecule has 1 N–H and O–H groups in total. The Morgan fingerprint density at radius 1 is 1.11 bits per heavy atom. The third kappa shape index (κ3) is 3.12. The highest BCUT2D eigenvalue weighted by molar-refractivity contribution is 5.84. The van der Waals surface area contributed by atoms with Gasteiger partial charge in [-0.15, -0.1) is 0 Å². The minimum atomic E-state index is 0.134. The number of urea groups is 1. The lowest BCUT2D eigenvalue weighted by molar-refractivity contribution is 0.0516. The molecule has 1 aromatic carbocycles. The minimum Gasteiger partial charge on any atom is -0.350 e. The highest BCUT2D eigenvalue weighted by atomic mass is 16.2. The molecule has 0 aliphatic carbocycles. The van der Waals surface area contributed by atoms with Gasteiger partial charge < -0.3 is 19.7 Å². The van der Waals surface area contributed by atoms with Crippen molar-refractivity contribution in [2.75, 3.05) is 39.3 Å². The number of carbonyl (C=O) groups is 1. The summed E-state index contributed by atoms with van der Waals surface area (Å²) in [4.78, 5) is 17.3. The number of aromatic nitrogens is 1. The first kappa shape index (κ1) is 17.1. The van der Waals surface area contributed by atoms with E-state index in [1.807, 2.05) is 4.90 Å². The first-order valence-corrected chi connectivity index (χ1v) is 10.5. The zero-order valence-corrected chi connectivity index (χ0v) is 16.2. The van der Waals surface area contributed by atoms with E-state index in [9.17, 15) is 4.79 Å². The highest BCUT2D eigenvalue weighted by Gasteiger charge is 2.35. The average Bonchev–Trinajstić information content (AvgIpc) is 3.33. The van der Waals surface area contributed by atoms with E-state index in [1.165, 1.54) is 48.9 Å². The van der Waals surface area contributed by atoms with Crippen LogP contribution < -0.4 is 5.32 Å². The molecule has 2 unspecified atom stereocenters. The van der Waals surface area contributed by atoms with Crippen LogP contribution in [0.5, 0.6) is 0 Å². The summed E-state index contributed by atoms with van der Waals surface area (Å²) in [5.74, 6) is 1.91. The van der Waals surface area contributed by atoms with Crippen molar-refractivity contribution in [3.05, 3.63) is 36.0 Å². The van der Waals surface area contributed by atoms with E-state index in [0.717, 1.165) is 32.0 Å². The molecule has 2 aromatic rings. The van der Waals surface area contributed by atoms with Gasteiger partial charge in [-0.05, 0) is 55.8 Å². The molecule has 6 rings (SSSR count). The standard InChI is InChI=1S/C22H30N4O/c1-24-15-20(19-4-2-3-5-21(19)24)17-8-11-26(14-17)22(27)23-12-18-13-25-9-6-16(18)7-10-25/h2-5,15-18H,6-14H2,1H3,(H,23,27). The summed E-state index contributed by atoms with van der Waals surface area (Å²) in [5.41, 5.74) is 2.67. The average molecular weight is 367 g/mol. The number of hydrogen-bond donors (Lipinski definition) is 1. The number of rotatable bonds is 3. The number of likely N-dealkylation sites (tertiary alicyclic amines) is 1. The normalized spacial score (nSPS) is 30.2. The monoisotopic (exact) mass is 366 g/mol. The van der Waals surface area contributed by atoms with Gasteiger partial charge in [0.2, 0.25) is 0 Å². The van der Waals surface area contributed by atoms with Crippen LogP contribution in [-0.2, 0) is 7.05 Å². The van der Waals surface area contributed by atoms with Gasteiger partial charge in [0.25, 0.3) is 0 Å². The van der Waals surface area contributed by atoms with Gasteiger partial charge in [-0.1, -0.05) is 18.2 Å². The van der Waals surface area contributed by atoms with Crippen molar-refractivity contribution < 1.29 is 4.79 Å². The topological polar surface area (TPSA) is 40.5 Å². The fraction of sp³-hybridized carbons (Fsp3) is 0.591. The van der Waals surface area contributed by atoms with Gasteiger partial charge in [0.1, 0.15) is 0 Å². The van der Waals surface area contributed by atoms with Crippen LogP contribution in [0.4, 0.5) is 4.79 Å². The maximum Gasteiger partial charge on any atom is 0.317 e. The third-order valence-electron chi connectivity index (χ3n) is 7.15. The minimum absolute atomic E-state index is 0.134. The van der Waals surface area contributed by atoms with Gasteiger partial charge in [0.05, 0.1) is 0 Å². The summed E-state index contributed by atoms with van der Waals surface area (Å²) >= 11 is 0. The Kier molecular flexibility index (Phi) is 4.35. The fourth-order valence-corrected chi connectivity index (χ4v) is 5.55. The molecule has 4 fully saturated rings. The molecule has 5 heteroatoms. The van der Waals surface area contributed by atoms with Crippen molar-refractivity contribution in [2.24, 2.45) is 18.9 Å². The molecule has 5 nitrogen and oxygen atoms in total. The maximum atomic E-state index is 12.7. The second-order valence-corrected chi connectivity index (χ2v) is 8.73. The van der Waals surface area contributed by atoms with Gasteiger partial charge in [0.15, 0.2) is 0 Å². The smallest absolute Gasteiger partial charge is 0.317 e. The van der Waals surface area contributed by atoms with Crippen LogP contribution >= 0.6 is 0 Å². The lowest BCUT2D eigenvalue weighted by Gasteiger charge is -2.45. The Morgan fingerprint density at radius 2 is 1.93 bits per heavy atom. The van der Waals surface area contributed by atoms with Crippen LogP contribution in [0.1, 0.15) is 30.7 Å². The van der Waals surface area contributed by atoms with E-state index in [0.29, 0.717) is 11.8 Å². The number of nitrogens with zero attached hydrogens (tertiary/aromatic N) is 3. The first-order valence-electron chi connectivity index (χ1n) is 10.5. The number of amides is 2. The third-order valence-corrected chi connectivity index (χ3v) is 7.15. The number of aryl methyl sites for hydroxylation is 1. The Balaban J connectivity index is 1.21. The molecule has 4 aliphatic heterocycles. The van der Waals surface area contributed by atoms with Gasteiger partial charge in [0, 0.05) is 56.2 Å². The number of nitrogens with one attached hydrogen (secondary N) is 1. The molecule has 5 heterocycles. The Labute approximate surface area is 161 Å². The molecule has 0 saturated carbocycles. The quantitative estimate of drug-likeness (QED) is 0.907. The van der Waals surface area contributed by atoms with Gasteiger partial charge >= 0.3 is 6.03 Å². The molecule has 0 radical (unpaired) electrons. The molecule has 2 bridgehead atoms. The summed E-state index contributed by atoms with van der Waals surface area (Å²) in [6.07, 6.45) is 5.94. The van der Waals surface area contributed by atoms with E-state index in [1.54, 1.807) is 0 Å². The molecule has 2 amide bonds. The number of piperidine rings is 3. The van der Waals surface area contributed by atoms with Crippen LogP contribution in [0.25, 0.3) is 10.9 Å². The molecule has 144 valence electrons. The zero-order chi connectivity index (χ0) is 18.4. The Bertz CT molecular complexity index is 836. The largest absolute Gasteiger partial charge is 0.350 e. The molecule has 1 aromatic heterocycles. The van der Waals surface area contributed by atoms with Crippen molar-refractivity contribution in [1.82, 2.24) is 19.7 Å². The summed E-state index contributed by atoms with van der Waals surface area (Å²) in [7, 11) is 2.11. The first-order chi connectivity index (χ1) is 13.2. The molecular formula is C22H30N4O. The molecular weight excluding hydrogens is 336 g/mol. The molecule has 4 aliphatic rings. The van der Waals surface area contributed by atoms with Crippen molar-refractivity contribution in [3.63, 3.8) is 0 Å². The van der Waals surface area contributed by atoms with Crippen LogP contribution in [0, 0.1) is 11.8 Å². The zero-order valence-electron chi connectivity index (χ0n) is 16.2. The second-order valence-electron chi connectivity index (χ2n) is 8.73. The van der Waals surface area contributed by atoms with E-state index >= 15 is 0 Å². The van der Waals surface area contributed by atoms with Crippen LogP contribution in [0.3, 0.4) is 0 Å². The van der Waals surface area contributed by atoms with E-state index in [4.69, 9.17) is 0 Å². The van der Waals surface area contributed by atoms with E-state index in [2.05, 4.69) is 52.3 Å². The summed E-state index contributed by atoms with van der Waals surface area (Å²) in [6, 6.07) is 8.72. The molecule has 0 spiro atoms. The number of benzene rings is 1. The van der Waals surface area contributed by atoms with Crippen molar-refractivity contribution in [3.8, 4) is 0 Å². The van der Waals surface area contributed by atoms with Crippen molar-refractivity contribution >= 4 is 16.9 Å². The Morgan fingerprint density at radius 3 is 2.70 bits per heavy atom. The maximum absolute atomic E-state index is 12.7. The van der Waals surface area contributed by atoms with E-state index in [-0.39, 0.29) is 6.03 Å². The number of para-hydroxylation sites is 1. The molecule has 2 atom stereocenters. The van der Waals surface area contributed by atoms with Crippen molar-refractivity contribution in [1.29, 1.82) is 0 Å². The van der Waals surface area contributed by atoms with Gasteiger partial charge in [-0.2, -0.15) is 0 Å². The second kappa shape index (κ2) is 6.86. The van der Waals surface area contributed by atoms with Gasteiger partial charge in [-0.25, -0.2) is 4.79 Å². The molecule has 27 heavy (non-hydrogen) atoms. The van der Waals surface area contributed by atoms with Gasteiger partial charge in [-0.3, -0.25) is 0 Å². The fourth-order valence-electron chi connectivity index (χ4n) is 5.55. The summed E-state index contributed by atoms with van der Waals surface area (Å²) < 4.78 is 2.21. The summed E-state index contributed by atoms with van der Waals surface area (Å²) in [6.45, 7) is 6.22. The number of hydrogen-bond acceptors (Lipinski definition) is 2. The van der Waals surface area contributed by atoms with Crippen LogP contribution in [0.15, 0.2) is 30.5 Å². The predicted molar refractivity (Wildman–Crippen MR) is 108 cm³/mol. The summed E-state index contributed by atoms with van der Waals surface area (Å²) in [5, 5.41) is 4.58.